The fourth-order valence-electron chi connectivity index (χ4n) is 4.65. The number of imidazole rings is 1. The third-order valence-corrected chi connectivity index (χ3v) is 7.02. The Kier molecular flexibility index (Phi) is 9.10. The second-order valence-corrected chi connectivity index (χ2v) is 11.1. The van der Waals surface area contributed by atoms with Crippen LogP contribution in [0.1, 0.15) is 55.6 Å². The minimum absolute atomic E-state index is 0.198. The van der Waals surface area contributed by atoms with Gasteiger partial charge in [-0.2, -0.15) is 18.2 Å². The zero-order chi connectivity index (χ0) is 31.4. The summed E-state index contributed by atoms with van der Waals surface area (Å²) in [6.07, 6.45) is 1.54. The number of ether oxygens (including phenoxy) is 1. The number of hydrogen-bond acceptors (Lipinski definition) is 9. The first-order valence-corrected chi connectivity index (χ1v) is 14.2. The van der Waals surface area contributed by atoms with E-state index in [9.17, 15) is 13.2 Å². The van der Waals surface area contributed by atoms with Crippen LogP contribution in [0.4, 0.5) is 19.1 Å². The van der Waals surface area contributed by atoms with Crippen LogP contribution in [-0.2, 0) is 12.7 Å². The molecule has 0 N–H and O–H groups in total. The molecule has 10 nitrogen and oxygen atoms in total. The Morgan fingerprint density at radius 1 is 0.977 bits per heavy atom. The Balaban J connectivity index is 1.46. The number of rotatable bonds is 10. The van der Waals surface area contributed by atoms with E-state index >= 15 is 0 Å². The summed E-state index contributed by atoms with van der Waals surface area (Å²) in [5, 5.41) is 0. The van der Waals surface area contributed by atoms with Gasteiger partial charge in [-0.3, -0.25) is 4.90 Å². The largest absolute Gasteiger partial charge is 0.480 e. The Hall–Kier alpha value is -4.57. The Morgan fingerprint density at radius 2 is 1.68 bits per heavy atom. The molecule has 1 saturated carbocycles. The van der Waals surface area contributed by atoms with Crippen LogP contribution in [-0.4, -0.2) is 73.7 Å². The lowest BCUT2D eigenvalue weighted by Gasteiger charge is -2.21. The van der Waals surface area contributed by atoms with Crippen molar-refractivity contribution in [3.63, 3.8) is 0 Å². The van der Waals surface area contributed by atoms with Crippen molar-refractivity contribution in [3.05, 3.63) is 60.1 Å². The standard InChI is InChI=1S/C31H34F3N9O/c1-20(2)43-17-24(31(32,33)34)39-28(43)23-10-8-21(9-11-23)16-42(15-7-6-14-41(3)4)30-38-19-36-27(40-30)25-26(22-12-13-22)35-18-37-29(25)44-5/h8-11,17-20,22H,12-16H2,1-5H3. The molecule has 0 spiro atoms. The van der Waals surface area contributed by atoms with Gasteiger partial charge in [-0.1, -0.05) is 36.1 Å². The summed E-state index contributed by atoms with van der Waals surface area (Å²) in [6, 6.07) is 7.09. The molecule has 3 heterocycles. The molecule has 0 radical (unpaired) electrons. The Labute approximate surface area is 254 Å². The predicted octanol–water partition coefficient (Wildman–Crippen LogP) is 5.25. The van der Waals surface area contributed by atoms with Crippen LogP contribution in [0.15, 0.2) is 43.1 Å². The third-order valence-electron chi connectivity index (χ3n) is 7.02. The lowest BCUT2D eigenvalue weighted by atomic mass is 10.1. The fraction of sp³-hybridized carbons (Fsp3) is 0.419. The molecule has 1 aliphatic rings. The lowest BCUT2D eigenvalue weighted by Crippen LogP contribution is -2.26. The van der Waals surface area contributed by atoms with Gasteiger partial charge >= 0.3 is 6.18 Å². The molecule has 1 aromatic carbocycles. The molecule has 13 heteroatoms. The Bertz CT molecular complexity index is 1650. The molecule has 4 aromatic rings. The maximum atomic E-state index is 13.4. The first kappa shape index (κ1) is 30.9. The van der Waals surface area contributed by atoms with Crippen molar-refractivity contribution in [2.24, 2.45) is 0 Å². The lowest BCUT2D eigenvalue weighted by molar-refractivity contribution is -0.140. The summed E-state index contributed by atoms with van der Waals surface area (Å²) < 4.78 is 47.3. The highest BCUT2D eigenvalue weighted by Crippen LogP contribution is 2.44. The van der Waals surface area contributed by atoms with E-state index in [0.29, 0.717) is 54.3 Å². The van der Waals surface area contributed by atoms with Crippen molar-refractivity contribution in [2.75, 3.05) is 39.2 Å². The average Bonchev–Trinajstić information content (AvgIpc) is 3.74. The molecule has 1 aliphatic carbocycles. The SMILES string of the molecule is COc1ncnc(C2CC2)c1-c1ncnc(N(CC#CCN(C)C)Cc2ccc(-c3nc(C(F)(F)F)cn3C(C)C)cc2)n1. The number of halogens is 3. The Morgan fingerprint density at radius 3 is 2.32 bits per heavy atom. The van der Waals surface area contributed by atoms with E-state index in [1.807, 2.05) is 49.9 Å². The average molecular weight is 606 g/mol. The van der Waals surface area contributed by atoms with E-state index in [-0.39, 0.29) is 11.9 Å². The van der Waals surface area contributed by atoms with Crippen LogP contribution >= 0.6 is 0 Å². The molecular formula is C31H34F3N9O. The second-order valence-electron chi connectivity index (χ2n) is 11.1. The quantitative estimate of drug-likeness (QED) is 0.225. The van der Waals surface area contributed by atoms with Gasteiger partial charge in [0.05, 0.1) is 25.9 Å². The molecule has 230 valence electrons. The summed E-state index contributed by atoms with van der Waals surface area (Å²) >= 11 is 0. The van der Waals surface area contributed by atoms with Crippen molar-refractivity contribution in [1.82, 2.24) is 39.4 Å². The van der Waals surface area contributed by atoms with Crippen molar-refractivity contribution in [1.29, 1.82) is 0 Å². The monoisotopic (exact) mass is 605 g/mol. The van der Waals surface area contributed by atoms with Crippen molar-refractivity contribution in [2.45, 2.75) is 51.4 Å². The molecule has 0 unspecified atom stereocenters. The van der Waals surface area contributed by atoms with Gasteiger partial charge < -0.3 is 14.2 Å². The van der Waals surface area contributed by atoms with Crippen LogP contribution < -0.4 is 9.64 Å². The molecule has 3 aromatic heterocycles. The van der Waals surface area contributed by atoms with E-state index in [0.717, 1.165) is 30.3 Å². The second kappa shape index (κ2) is 13.0. The number of nitrogens with zero attached hydrogens (tertiary/aromatic N) is 9. The molecule has 0 amide bonds. The van der Waals surface area contributed by atoms with Gasteiger partial charge in [0.2, 0.25) is 11.8 Å². The zero-order valence-electron chi connectivity index (χ0n) is 25.3. The summed E-state index contributed by atoms with van der Waals surface area (Å²) in [4.78, 5) is 30.3. The van der Waals surface area contributed by atoms with Gasteiger partial charge in [-0.15, -0.1) is 0 Å². The smallest absolute Gasteiger partial charge is 0.434 e. The normalized spacial score (nSPS) is 13.2. The molecule has 0 saturated heterocycles. The minimum atomic E-state index is -4.53. The van der Waals surface area contributed by atoms with Gasteiger partial charge in [0, 0.05) is 30.3 Å². The van der Waals surface area contributed by atoms with E-state index in [1.54, 1.807) is 19.2 Å². The maximum Gasteiger partial charge on any atom is 0.434 e. The third kappa shape index (κ3) is 7.14. The molecule has 0 atom stereocenters. The molecule has 0 aliphatic heterocycles. The number of aromatic nitrogens is 7. The highest BCUT2D eigenvalue weighted by atomic mass is 19.4. The summed E-state index contributed by atoms with van der Waals surface area (Å²) in [5.74, 6) is 8.15. The molecular weight excluding hydrogens is 571 g/mol. The minimum Gasteiger partial charge on any atom is -0.480 e. The van der Waals surface area contributed by atoms with Crippen LogP contribution in [0.5, 0.6) is 5.88 Å². The number of anilines is 1. The highest BCUT2D eigenvalue weighted by molar-refractivity contribution is 5.66. The highest BCUT2D eigenvalue weighted by Gasteiger charge is 2.35. The summed E-state index contributed by atoms with van der Waals surface area (Å²) in [6.45, 7) is 4.97. The van der Waals surface area contributed by atoms with Crippen LogP contribution in [0.25, 0.3) is 22.8 Å². The van der Waals surface area contributed by atoms with E-state index < -0.39 is 11.9 Å². The van der Waals surface area contributed by atoms with Gasteiger partial charge in [0.15, 0.2) is 11.5 Å². The first-order chi connectivity index (χ1) is 21.0. The van der Waals surface area contributed by atoms with Crippen molar-refractivity contribution in [3.8, 4) is 40.5 Å². The van der Waals surface area contributed by atoms with Crippen LogP contribution in [0, 0.1) is 11.8 Å². The number of benzene rings is 1. The molecule has 5 rings (SSSR count). The van der Waals surface area contributed by atoms with Crippen molar-refractivity contribution >= 4 is 5.95 Å². The predicted molar refractivity (Wildman–Crippen MR) is 160 cm³/mol. The number of alkyl halides is 3. The molecule has 1 fully saturated rings. The van der Waals surface area contributed by atoms with Gasteiger partial charge in [0.25, 0.3) is 0 Å². The fourth-order valence-corrected chi connectivity index (χ4v) is 4.65. The first-order valence-electron chi connectivity index (χ1n) is 14.2. The van der Waals surface area contributed by atoms with E-state index in [1.165, 1.54) is 17.2 Å². The van der Waals surface area contributed by atoms with Crippen LogP contribution in [0.2, 0.25) is 0 Å². The van der Waals surface area contributed by atoms with E-state index in [2.05, 4.69) is 36.8 Å². The van der Waals surface area contributed by atoms with Gasteiger partial charge in [0.1, 0.15) is 24.0 Å². The van der Waals surface area contributed by atoms with Crippen molar-refractivity contribution < 1.29 is 17.9 Å². The maximum absolute atomic E-state index is 13.4. The topological polar surface area (TPSA) is 98.0 Å². The van der Waals surface area contributed by atoms with Crippen LogP contribution in [0.3, 0.4) is 0 Å². The molecule has 0 bridgehead atoms. The van der Waals surface area contributed by atoms with E-state index in [4.69, 9.17) is 9.72 Å². The number of methoxy groups -OCH3 is 1. The number of hydrogen-bond donors (Lipinski definition) is 0. The summed E-state index contributed by atoms with van der Waals surface area (Å²) in [5.41, 5.74) is 2.08. The summed E-state index contributed by atoms with van der Waals surface area (Å²) in [7, 11) is 5.45. The van der Waals surface area contributed by atoms with Gasteiger partial charge in [-0.25, -0.2) is 24.9 Å². The van der Waals surface area contributed by atoms with Gasteiger partial charge in [-0.05, 0) is 46.3 Å². The zero-order valence-corrected chi connectivity index (χ0v) is 25.3. The molecule has 44 heavy (non-hydrogen) atoms.